The summed E-state index contributed by atoms with van der Waals surface area (Å²) in [7, 11) is 0. The van der Waals surface area contributed by atoms with Crippen LogP contribution < -0.4 is 16.8 Å². The Morgan fingerprint density at radius 3 is 2.60 bits per heavy atom. The predicted octanol–water partition coefficient (Wildman–Crippen LogP) is 2.73. The van der Waals surface area contributed by atoms with E-state index in [1.165, 1.54) is 18.2 Å². The van der Waals surface area contributed by atoms with Crippen LogP contribution in [0, 0.1) is 11.6 Å². The molecule has 0 fully saturated rings. The molecule has 4 N–H and O–H groups in total. The third-order valence-electron chi connectivity index (χ3n) is 2.81. The maximum absolute atomic E-state index is 13.6. The van der Waals surface area contributed by atoms with Crippen molar-refractivity contribution in [3.63, 3.8) is 0 Å². The van der Waals surface area contributed by atoms with Crippen molar-refractivity contribution in [2.75, 3.05) is 11.1 Å². The van der Waals surface area contributed by atoms with Crippen molar-refractivity contribution in [1.29, 1.82) is 0 Å². The van der Waals surface area contributed by atoms with E-state index in [-0.39, 0.29) is 22.6 Å². The lowest BCUT2D eigenvalue weighted by atomic mass is 10.2. The van der Waals surface area contributed by atoms with E-state index in [0.717, 1.165) is 12.1 Å². The number of aromatic nitrogens is 1. The van der Waals surface area contributed by atoms with Crippen molar-refractivity contribution in [2.24, 2.45) is 0 Å². The van der Waals surface area contributed by atoms with Gasteiger partial charge in [0.25, 0.3) is 0 Å². The number of nitrogen functional groups attached to an aromatic ring is 1. The van der Waals surface area contributed by atoms with Gasteiger partial charge < -0.3 is 15.5 Å². The van der Waals surface area contributed by atoms with Gasteiger partial charge in [-0.05, 0) is 18.2 Å². The maximum atomic E-state index is 13.6. The SMILES string of the molecule is Nc1cc2oc(=O)[nH]c2cc1Nc1c(F)cccc1F. The molecule has 102 valence electrons. The van der Waals surface area contributed by atoms with Crippen molar-refractivity contribution in [2.45, 2.75) is 0 Å². The highest BCUT2D eigenvalue weighted by atomic mass is 19.1. The summed E-state index contributed by atoms with van der Waals surface area (Å²) in [5, 5.41) is 2.57. The zero-order valence-electron chi connectivity index (χ0n) is 10.0. The highest BCUT2D eigenvalue weighted by Gasteiger charge is 2.12. The van der Waals surface area contributed by atoms with Crippen LogP contribution in [-0.4, -0.2) is 4.98 Å². The number of rotatable bonds is 2. The van der Waals surface area contributed by atoms with E-state index in [0.29, 0.717) is 5.52 Å². The Bertz CT molecular complexity index is 834. The van der Waals surface area contributed by atoms with Gasteiger partial charge in [-0.25, -0.2) is 13.6 Å². The molecule has 0 saturated carbocycles. The second-order valence-corrected chi connectivity index (χ2v) is 4.17. The van der Waals surface area contributed by atoms with Crippen LogP contribution in [0.4, 0.5) is 25.8 Å². The van der Waals surface area contributed by atoms with Gasteiger partial charge in [-0.1, -0.05) is 6.07 Å². The molecule has 0 bridgehead atoms. The van der Waals surface area contributed by atoms with Gasteiger partial charge in [-0.15, -0.1) is 0 Å². The Morgan fingerprint density at radius 1 is 1.20 bits per heavy atom. The van der Waals surface area contributed by atoms with Gasteiger partial charge in [0.15, 0.2) is 5.58 Å². The first-order valence-electron chi connectivity index (χ1n) is 5.68. The number of hydrogen-bond donors (Lipinski definition) is 3. The van der Waals surface area contributed by atoms with E-state index in [9.17, 15) is 13.6 Å². The molecule has 0 amide bonds. The van der Waals surface area contributed by atoms with Crippen LogP contribution in [0.15, 0.2) is 39.5 Å². The molecule has 1 aromatic heterocycles. The van der Waals surface area contributed by atoms with Gasteiger partial charge in [0.1, 0.15) is 17.3 Å². The predicted molar refractivity (Wildman–Crippen MR) is 70.9 cm³/mol. The quantitative estimate of drug-likeness (QED) is 0.629. The lowest BCUT2D eigenvalue weighted by Gasteiger charge is -2.10. The number of benzene rings is 2. The first kappa shape index (κ1) is 12.2. The number of nitrogens with two attached hydrogens (primary N) is 1. The highest BCUT2D eigenvalue weighted by molar-refractivity contribution is 5.87. The molecule has 3 aromatic rings. The Labute approximate surface area is 111 Å². The van der Waals surface area contributed by atoms with E-state index in [1.807, 2.05) is 0 Å². The maximum Gasteiger partial charge on any atom is 0.417 e. The molecule has 0 aliphatic heterocycles. The van der Waals surface area contributed by atoms with Gasteiger partial charge in [0.2, 0.25) is 0 Å². The molecule has 0 radical (unpaired) electrons. The Kier molecular flexibility index (Phi) is 2.67. The molecule has 0 saturated heterocycles. The summed E-state index contributed by atoms with van der Waals surface area (Å²) < 4.78 is 32.0. The van der Waals surface area contributed by atoms with E-state index >= 15 is 0 Å². The number of nitrogens with one attached hydrogen (secondary N) is 2. The van der Waals surface area contributed by atoms with Crippen molar-refractivity contribution in [3.8, 4) is 0 Å². The topological polar surface area (TPSA) is 84.0 Å². The van der Waals surface area contributed by atoms with Gasteiger partial charge >= 0.3 is 5.76 Å². The lowest BCUT2D eigenvalue weighted by Crippen LogP contribution is -2.00. The minimum Gasteiger partial charge on any atom is -0.408 e. The number of hydrogen-bond acceptors (Lipinski definition) is 4. The van der Waals surface area contributed by atoms with Gasteiger partial charge in [-0.3, -0.25) is 4.98 Å². The van der Waals surface area contributed by atoms with Crippen LogP contribution in [0.5, 0.6) is 0 Å². The average molecular weight is 277 g/mol. The zero-order chi connectivity index (χ0) is 14.3. The minimum atomic E-state index is -0.745. The van der Waals surface area contributed by atoms with E-state index in [2.05, 4.69) is 10.3 Å². The summed E-state index contributed by atoms with van der Waals surface area (Å²) in [5.74, 6) is -2.12. The third kappa shape index (κ3) is 1.99. The Balaban J connectivity index is 2.10. The zero-order valence-corrected chi connectivity index (χ0v) is 10.0. The fourth-order valence-electron chi connectivity index (χ4n) is 1.87. The molecular formula is C13H9F2N3O2. The van der Waals surface area contributed by atoms with E-state index < -0.39 is 17.4 Å². The van der Waals surface area contributed by atoms with Gasteiger partial charge in [-0.2, -0.15) is 0 Å². The first-order valence-corrected chi connectivity index (χ1v) is 5.68. The normalized spacial score (nSPS) is 10.9. The fraction of sp³-hybridized carbons (Fsp3) is 0. The summed E-state index contributed by atoms with van der Waals surface area (Å²) >= 11 is 0. The van der Waals surface area contributed by atoms with Crippen LogP contribution in [0.1, 0.15) is 0 Å². The largest absolute Gasteiger partial charge is 0.417 e. The summed E-state index contributed by atoms with van der Waals surface area (Å²) in [6.07, 6.45) is 0. The van der Waals surface area contributed by atoms with Crippen molar-refractivity contribution in [1.82, 2.24) is 4.98 Å². The summed E-state index contributed by atoms with van der Waals surface area (Å²) in [6.45, 7) is 0. The van der Waals surface area contributed by atoms with Crippen molar-refractivity contribution < 1.29 is 13.2 Å². The highest BCUT2D eigenvalue weighted by Crippen LogP contribution is 2.29. The summed E-state index contributed by atoms with van der Waals surface area (Å²) in [4.78, 5) is 13.5. The van der Waals surface area contributed by atoms with Crippen molar-refractivity contribution in [3.05, 3.63) is 52.5 Å². The first-order chi connectivity index (χ1) is 9.54. The summed E-state index contributed by atoms with van der Waals surface area (Å²) in [6, 6.07) is 6.35. The molecule has 7 heteroatoms. The number of aromatic amines is 1. The van der Waals surface area contributed by atoms with E-state index in [4.69, 9.17) is 10.2 Å². The van der Waals surface area contributed by atoms with Crippen molar-refractivity contribution >= 4 is 28.2 Å². The average Bonchev–Trinajstić information content (AvgIpc) is 2.73. The number of oxazole rings is 1. The molecule has 2 aromatic carbocycles. The number of fused-ring (bicyclic) bond motifs is 1. The van der Waals surface area contributed by atoms with Gasteiger partial charge in [0.05, 0.1) is 16.9 Å². The lowest BCUT2D eigenvalue weighted by molar-refractivity contribution is 0.555. The molecule has 0 atom stereocenters. The van der Waals surface area contributed by atoms with Crippen LogP contribution in [0.25, 0.3) is 11.1 Å². The van der Waals surface area contributed by atoms with E-state index in [1.54, 1.807) is 0 Å². The molecule has 0 aliphatic carbocycles. The number of halogens is 2. The van der Waals surface area contributed by atoms with Crippen LogP contribution in [-0.2, 0) is 0 Å². The van der Waals surface area contributed by atoms with Crippen LogP contribution >= 0.6 is 0 Å². The van der Waals surface area contributed by atoms with Crippen LogP contribution in [0.2, 0.25) is 0 Å². The third-order valence-corrected chi connectivity index (χ3v) is 2.81. The standard InChI is InChI=1S/C13H9F2N3O2/c14-6-2-1-3-7(15)12(6)17-9-5-10-11(4-8(9)16)20-13(19)18-10/h1-5,17H,16H2,(H,18,19). The molecule has 0 spiro atoms. The number of H-pyrrole nitrogens is 1. The second kappa shape index (κ2) is 4.37. The molecule has 5 nitrogen and oxygen atoms in total. The molecule has 3 rings (SSSR count). The Morgan fingerprint density at radius 2 is 1.90 bits per heavy atom. The minimum absolute atomic E-state index is 0.197. The van der Waals surface area contributed by atoms with Gasteiger partial charge in [0, 0.05) is 6.07 Å². The van der Waals surface area contributed by atoms with Crippen LogP contribution in [0.3, 0.4) is 0 Å². The fourth-order valence-corrected chi connectivity index (χ4v) is 1.87. The molecule has 0 aliphatic rings. The molecule has 20 heavy (non-hydrogen) atoms. The molecular weight excluding hydrogens is 268 g/mol. The number of para-hydroxylation sites is 1. The number of anilines is 3. The monoisotopic (exact) mass is 277 g/mol. The second-order valence-electron chi connectivity index (χ2n) is 4.17. The Hall–Kier alpha value is -2.83. The molecule has 0 unspecified atom stereocenters. The molecule has 1 heterocycles. The smallest absolute Gasteiger partial charge is 0.408 e. The summed E-state index contributed by atoms with van der Waals surface area (Å²) in [5.41, 5.74) is 6.55.